The molecular formula is C11H15F3N2O2S. The van der Waals surface area contributed by atoms with Crippen molar-refractivity contribution in [3.8, 4) is 0 Å². The van der Waals surface area contributed by atoms with E-state index in [4.69, 9.17) is 5.73 Å². The lowest BCUT2D eigenvalue weighted by Crippen LogP contribution is -2.29. The summed E-state index contributed by atoms with van der Waals surface area (Å²) in [5, 5.41) is 0. The molecule has 8 heteroatoms. The van der Waals surface area contributed by atoms with Crippen LogP contribution in [0.15, 0.2) is 29.2 Å². The summed E-state index contributed by atoms with van der Waals surface area (Å²) < 4.78 is 62.2. The Hall–Kier alpha value is -1.12. The topological polar surface area (TPSA) is 63.4 Å². The van der Waals surface area contributed by atoms with Crippen LogP contribution in [0.25, 0.3) is 0 Å². The average Bonchev–Trinajstić information content (AvgIpc) is 2.35. The van der Waals surface area contributed by atoms with Gasteiger partial charge in [0.1, 0.15) is 0 Å². The SMILES string of the molecule is CN(CCCN)S(=O)(=O)c1ccc(C(F)(F)F)cc1. The molecule has 0 bridgehead atoms. The van der Waals surface area contributed by atoms with Gasteiger partial charge in [0, 0.05) is 13.6 Å². The van der Waals surface area contributed by atoms with Crippen LogP contribution in [0.4, 0.5) is 13.2 Å². The van der Waals surface area contributed by atoms with E-state index in [1.165, 1.54) is 7.05 Å². The molecule has 108 valence electrons. The van der Waals surface area contributed by atoms with Crippen LogP contribution in [0.1, 0.15) is 12.0 Å². The van der Waals surface area contributed by atoms with E-state index in [1.54, 1.807) is 0 Å². The molecule has 19 heavy (non-hydrogen) atoms. The second kappa shape index (κ2) is 5.89. The Morgan fingerprint density at radius 3 is 2.16 bits per heavy atom. The molecule has 0 aliphatic heterocycles. The Bertz CT molecular complexity index is 512. The monoisotopic (exact) mass is 296 g/mol. The number of alkyl halides is 3. The Balaban J connectivity index is 2.97. The van der Waals surface area contributed by atoms with Crippen molar-refractivity contribution in [1.29, 1.82) is 0 Å². The highest BCUT2D eigenvalue weighted by Gasteiger charge is 2.31. The summed E-state index contributed by atoms with van der Waals surface area (Å²) in [6.45, 7) is 0.562. The summed E-state index contributed by atoms with van der Waals surface area (Å²) in [6.07, 6.45) is -4.00. The van der Waals surface area contributed by atoms with E-state index in [1.807, 2.05) is 0 Å². The lowest BCUT2D eigenvalue weighted by Gasteiger charge is -2.17. The third kappa shape index (κ3) is 3.92. The zero-order chi connectivity index (χ0) is 14.7. The van der Waals surface area contributed by atoms with Crippen LogP contribution < -0.4 is 5.73 Å². The van der Waals surface area contributed by atoms with Crippen molar-refractivity contribution in [2.24, 2.45) is 5.73 Å². The van der Waals surface area contributed by atoms with Gasteiger partial charge in [0.2, 0.25) is 10.0 Å². The van der Waals surface area contributed by atoms with Crippen LogP contribution in [-0.2, 0) is 16.2 Å². The normalized spacial score (nSPS) is 12.9. The summed E-state index contributed by atoms with van der Waals surface area (Å²) in [5.41, 5.74) is 4.40. The maximum absolute atomic E-state index is 12.4. The van der Waals surface area contributed by atoms with Gasteiger partial charge < -0.3 is 5.73 Å². The predicted molar refractivity (Wildman–Crippen MR) is 64.9 cm³/mol. The van der Waals surface area contributed by atoms with Crippen molar-refractivity contribution >= 4 is 10.0 Å². The highest BCUT2D eigenvalue weighted by atomic mass is 32.2. The van der Waals surface area contributed by atoms with E-state index >= 15 is 0 Å². The maximum Gasteiger partial charge on any atom is 0.416 e. The number of nitrogens with zero attached hydrogens (tertiary/aromatic N) is 1. The highest BCUT2D eigenvalue weighted by Crippen LogP contribution is 2.30. The average molecular weight is 296 g/mol. The molecule has 0 radical (unpaired) electrons. The minimum absolute atomic E-state index is 0.167. The lowest BCUT2D eigenvalue weighted by atomic mass is 10.2. The number of nitrogens with two attached hydrogens (primary N) is 1. The fourth-order valence-corrected chi connectivity index (χ4v) is 2.64. The molecule has 0 saturated carbocycles. The number of rotatable bonds is 5. The quantitative estimate of drug-likeness (QED) is 0.899. The number of halogens is 3. The minimum Gasteiger partial charge on any atom is -0.330 e. The van der Waals surface area contributed by atoms with E-state index in [2.05, 4.69) is 0 Å². The fraction of sp³-hybridized carbons (Fsp3) is 0.455. The van der Waals surface area contributed by atoms with Gasteiger partial charge in [-0.1, -0.05) is 0 Å². The standard InChI is InChI=1S/C11H15F3N2O2S/c1-16(8-2-7-15)19(17,18)10-5-3-9(4-6-10)11(12,13)14/h3-6H,2,7-8,15H2,1H3. The van der Waals surface area contributed by atoms with Gasteiger partial charge in [0.25, 0.3) is 0 Å². The molecule has 0 aliphatic rings. The first-order chi connectivity index (χ1) is 8.69. The summed E-state index contributed by atoms with van der Waals surface area (Å²) in [4.78, 5) is -0.167. The summed E-state index contributed by atoms with van der Waals surface area (Å²) in [5.74, 6) is 0. The van der Waals surface area contributed by atoms with E-state index in [0.29, 0.717) is 13.0 Å². The predicted octanol–water partition coefficient (Wildman–Crippen LogP) is 1.67. The summed E-state index contributed by atoms with van der Waals surface area (Å²) >= 11 is 0. The van der Waals surface area contributed by atoms with Crippen LogP contribution in [0, 0.1) is 0 Å². The smallest absolute Gasteiger partial charge is 0.330 e. The van der Waals surface area contributed by atoms with Crippen LogP contribution >= 0.6 is 0 Å². The molecule has 0 heterocycles. The zero-order valence-electron chi connectivity index (χ0n) is 10.3. The number of benzene rings is 1. The third-order valence-electron chi connectivity index (χ3n) is 2.57. The highest BCUT2D eigenvalue weighted by molar-refractivity contribution is 7.89. The molecule has 0 unspecified atom stereocenters. The van der Waals surface area contributed by atoms with Gasteiger partial charge in [-0.05, 0) is 37.2 Å². The van der Waals surface area contributed by atoms with Gasteiger partial charge >= 0.3 is 6.18 Å². The van der Waals surface area contributed by atoms with Gasteiger partial charge in [-0.15, -0.1) is 0 Å². The van der Waals surface area contributed by atoms with E-state index in [-0.39, 0.29) is 11.4 Å². The van der Waals surface area contributed by atoms with Crippen molar-refractivity contribution in [3.63, 3.8) is 0 Å². The van der Waals surface area contributed by atoms with Crippen molar-refractivity contribution in [1.82, 2.24) is 4.31 Å². The molecule has 0 amide bonds. The molecule has 0 aromatic heterocycles. The second-order valence-corrected chi connectivity index (χ2v) is 6.04. The molecule has 0 fully saturated rings. The zero-order valence-corrected chi connectivity index (χ0v) is 11.1. The van der Waals surface area contributed by atoms with E-state index in [9.17, 15) is 21.6 Å². The summed E-state index contributed by atoms with van der Waals surface area (Å²) in [7, 11) is -2.40. The molecule has 1 rings (SSSR count). The molecule has 0 spiro atoms. The maximum atomic E-state index is 12.4. The molecule has 1 aromatic rings. The van der Waals surface area contributed by atoms with Crippen molar-refractivity contribution in [3.05, 3.63) is 29.8 Å². The van der Waals surface area contributed by atoms with Gasteiger partial charge in [-0.25, -0.2) is 12.7 Å². The number of sulfonamides is 1. The molecule has 0 atom stereocenters. The van der Waals surface area contributed by atoms with Crippen molar-refractivity contribution < 1.29 is 21.6 Å². The van der Waals surface area contributed by atoms with Gasteiger partial charge in [0.05, 0.1) is 10.5 Å². The van der Waals surface area contributed by atoms with Gasteiger partial charge in [-0.3, -0.25) is 0 Å². The molecule has 0 aliphatic carbocycles. The van der Waals surface area contributed by atoms with E-state index < -0.39 is 21.8 Å². The fourth-order valence-electron chi connectivity index (χ4n) is 1.43. The lowest BCUT2D eigenvalue weighted by molar-refractivity contribution is -0.137. The van der Waals surface area contributed by atoms with Gasteiger partial charge in [-0.2, -0.15) is 13.2 Å². The largest absolute Gasteiger partial charge is 0.416 e. The molecule has 1 aromatic carbocycles. The number of hydrogen-bond acceptors (Lipinski definition) is 3. The Morgan fingerprint density at radius 1 is 1.21 bits per heavy atom. The van der Waals surface area contributed by atoms with Gasteiger partial charge in [0.15, 0.2) is 0 Å². The van der Waals surface area contributed by atoms with E-state index in [0.717, 1.165) is 28.6 Å². The van der Waals surface area contributed by atoms with Crippen LogP contribution in [0.2, 0.25) is 0 Å². The first-order valence-corrected chi connectivity index (χ1v) is 6.97. The third-order valence-corrected chi connectivity index (χ3v) is 4.44. The Morgan fingerprint density at radius 2 is 1.74 bits per heavy atom. The van der Waals surface area contributed by atoms with Crippen LogP contribution in [0.3, 0.4) is 0 Å². The number of hydrogen-bond donors (Lipinski definition) is 1. The Kier molecular flexibility index (Phi) is 4.94. The molecular weight excluding hydrogens is 281 g/mol. The molecule has 0 saturated heterocycles. The second-order valence-electron chi connectivity index (χ2n) is 3.99. The Labute approximate surface area is 110 Å². The van der Waals surface area contributed by atoms with Crippen molar-refractivity contribution in [2.75, 3.05) is 20.1 Å². The molecule has 4 nitrogen and oxygen atoms in total. The first kappa shape index (κ1) is 15.9. The summed E-state index contributed by atoms with van der Waals surface area (Å²) in [6, 6.07) is 3.42. The van der Waals surface area contributed by atoms with Crippen molar-refractivity contribution in [2.45, 2.75) is 17.5 Å². The van der Waals surface area contributed by atoms with Crippen LogP contribution in [-0.4, -0.2) is 32.9 Å². The van der Waals surface area contributed by atoms with Crippen LogP contribution in [0.5, 0.6) is 0 Å². The first-order valence-electron chi connectivity index (χ1n) is 5.53. The minimum atomic E-state index is -4.48. The molecule has 2 N–H and O–H groups in total.